The van der Waals surface area contributed by atoms with E-state index in [-0.39, 0.29) is 28.8 Å². The average molecular weight is 620 g/mol. The summed E-state index contributed by atoms with van der Waals surface area (Å²) < 4.78 is 99.4. The molecule has 1 aromatic heterocycles. The van der Waals surface area contributed by atoms with Crippen molar-refractivity contribution < 1.29 is 26.1 Å². The summed E-state index contributed by atoms with van der Waals surface area (Å²) in [5.74, 6) is 0. The second kappa shape index (κ2) is 10.1. The summed E-state index contributed by atoms with van der Waals surface area (Å²) in [6.07, 6.45) is 0. The number of hydrogen-bond acceptors (Lipinski definition) is 3. The van der Waals surface area contributed by atoms with Gasteiger partial charge in [-0.25, -0.2) is 0 Å². The lowest BCUT2D eigenvalue weighted by molar-refractivity contribution is 0.00578. The second-order valence-corrected chi connectivity index (χ2v) is 13.2. The molecule has 0 amide bonds. The Morgan fingerprint density at radius 3 is 1.94 bits per heavy atom. The zero-order chi connectivity index (χ0) is 39.8. The van der Waals surface area contributed by atoms with Crippen LogP contribution in [0.15, 0.2) is 144 Å². The minimum atomic E-state index is -1.71. The third kappa shape index (κ3) is 3.95. The SMILES string of the molecule is [2H]c1c([2H])c([2H])c(C2(c3ccc(-c4cccc5c4oc4c(B6OC(C)(C)C(C)(C)O6)cccc45)cc3)c3ccccc3-c3c([2H])c([2H])c([2H])c([2H])c32)c([2H])c1[2H]. The van der Waals surface area contributed by atoms with E-state index in [1.807, 2.05) is 76.2 Å². The molecule has 47 heavy (non-hydrogen) atoms. The summed E-state index contributed by atoms with van der Waals surface area (Å²) in [4.78, 5) is 0. The lowest BCUT2D eigenvalue weighted by Gasteiger charge is -2.34. The normalized spacial score (nSPS) is 22.0. The van der Waals surface area contributed by atoms with Gasteiger partial charge in [0.15, 0.2) is 0 Å². The van der Waals surface area contributed by atoms with E-state index in [2.05, 4.69) is 0 Å². The molecule has 0 spiro atoms. The van der Waals surface area contributed by atoms with Crippen molar-refractivity contribution in [2.45, 2.75) is 44.3 Å². The Labute approximate surface area is 288 Å². The molecule has 228 valence electrons. The zero-order valence-electron chi connectivity index (χ0n) is 35.4. The fraction of sp³-hybridized carbons (Fsp3) is 0.163. The molecule has 3 nitrogen and oxygen atoms in total. The summed E-state index contributed by atoms with van der Waals surface area (Å²) in [5, 5.41) is 1.80. The van der Waals surface area contributed by atoms with Crippen molar-refractivity contribution in [3.63, 3.8) is 0 Å². The molecule has 2 aliphatic rings. The maximum absolute atomic E-state index is 9.30. The van der Waals surface area contributed by atoms with Crippen LogP contribution in [-0.2, 0) is 14.7 Å². The monoisotopic (exact) mass is 619 g/mol. The van der Waals surface area contributed by atoms with Gasteiger partial charge in [-0.2, -0.15) is 0 Å². The van der Waals surface area contributed by atoms with Crippen LogP contribution in [0.25, 0.3) is 44.2 Å². The fourth-order valence-corrected chi connectivity index (χ4v) is 7.22. The number of para-hydroxylation sites is 2. The first-order chi connectivity index (χ1) is 26.5. The van der Waals surface area contributed by atoms with Gasteiger partial charge >= 0.3 is 7.12 Å². The standard InChI is InChI=1S/C43H35BO3/c1-41(2)42(3,4)47-44(46-41)38-23-13-20-35-34-19-12-18-31(39(34)45-40(35)38)28-24-26-30(27-25-28)43(29-14-6-5-7-15-29)36-21-10-8-16-32(36)33-17-9-11-22-37(33)43/h5-27H,1-4H3/i5D,6D,7D,8D,10D,14D,15D,16D,21D. The van der Waals surface area contributed by atoms with E-state index in [1.54, 1.807) is 36.4 Å². The van der Waals surface area contributed by atoms with Gasteiger partial charge in [0.05, 0.1) is 29.0 Å². The topological polar surface area (TPSA) is 31.6 Å². The van der Waals surface area contributed by atoms with Gasteiger partial charge in [-0.05, 0) is 66.6 Å². The summed E-state index contributed by atoms with van der Waals surface area (Å²) in [6.45, 7) is 8.03. The molecular weight excluding hydrogens is 575 g/mol. The molecule has 1 saturated heterocycles. The first-order valence-corrected chi connectivity index (χ1v) is 15.7. The van der Waals surface area contributed by atoms with Gasteiger partial charge in [-0.3, -0.25) is 0 Å². The molecule has 4 heteroatoms. The Bertz CT molecular complexity index is 2790. The molecule has 0 N–H and O–H groups in total. The van der Waals surface area contributed by atoms with Gasteiger partial charge in [0.25, 0.3) is 0 Å². The van der Waals surface area contributed by atoms with Gasteiger partial charge in [0.2, 0.25) is 0 Å². The summed E-state index contributed by atoms with van der Waals surface area (Å²) in [7, 11) is -0.636. The predicted octanol–water partition coefficient (Wildman–Crippen LogP) is 9.92. The maximum Gasteiger partial charge on any atom is 0.498 e. The van der Waals surface area contributed by atoms with Crippen molar-refractivity contribution in [3.8, 4) is 22.3 Å². The van der Waals surface area contributed by atoms with Gasteiger partial charge in [-0.15, -0.1) is 0 Å². The van der Waals surface area contributed by atoms with Crippen molar-refractivity contribution in [2.75, 3.05) is 0 Å². The Kier molecular flexibility index (Phi) is 4.35. The second-order valence-electron chi connectivity index (χ2n) is 13.2. The van der Waals surface area contributed by atoms with Crippen LogP contribution in [0.1, 0.15) is 62.3 Å². The van der Waals surface area contributed by atoms with E-state index >= 15 is 0 Å². The molecule has 0 radical (unpaired) electrons. The summed E-state index contributed by atoms with van der Waals surface area (Å²) >= 11 is 0. The number of furan rings is 1. The van der Waals surface area contributed by atoms with Crippen LogP contribution in [0.4, 0.5) is 0 Å². The molecule has 2 heterocycles. The van der Waals surface area contributed by atoms with E-state index < -0.39 is 66.0 Å². The Hall–Kier alpha value is -4.90. The van der Waals surface area contributed by atoms with Crippen LogP contribution < -0.4 is 5.46 Å². The van der Waals surface area contributed by atoms with Crippen molar-refractivity contribution in [1.82, 2.24) is 0 Å². The Morgan fingerprint density at radius 1 is 0.532 bits per heavy atom. The van der Waals surface area contributed by atoms with E-state index in [4.69, 9.17) is 22.0 Å². The quantitative estimate of drug-likeness (QED) is 0.184. The molecule has 1 aliphatic carbocycles. The lowest BCUT2D eigenvalue weighted by atomic mass is 9.67. The number of rotatable bonds is 4. The van der Waals surface area contributed by atoms with Crippen molar-refractivity contribution >= 4 is 34.5 Å². The highest BCUT2D eigenvalue weighted by molar-refractivity contribution is 6.65. The molecule has 0 bridgehead atoms. The van der Waals surface area contributed by atoms with Gasteiger partial charge in [-0.1, -0.05) is 139 Å². The molecule has 6 aromatic carbocycles. The molecule has 1 fully saturated rings. The van der Waals surface area contributed by atoms with Crippen LogP contribution in [0.5, 0.6) is 0 Å². The molecule has 1 atom stereocenters. The highest BCUT2D eigenvalue weighted by Crippen LogP contribution is 2.56. The van der Waals surface area contributed by atoms with Crippen LogP contribution in [-0.4, -0.2) is 18.3 Å². The van der Waals surface area contributed by atoms with Gasteiger partial charge < -0.3 is 13.7 Å². The molecule has 7 aromatic rings. The predicted molar refractivity (Wildman–Crippen MR) is 192 cm³/mol. The smallest absolute Gasteiger partial charge is 0.456 e. The third-order valence-electron chi connectivity index (χ3n) is 10.2. The number of fused-ring (bicyclic) bond motifs is 6. The van der Waals surface area contributed by atoms with E-state index in [0.717, 1.165) is 27.4 Å². The average Bonchev–Trinajstić information content (AvgIpc) is 3.79. The van der Waals surface area contributed by atoms with Crippen LogP contribution in [0.3, 0.4) is 0 Å². The van der Waals surface area contributed by atoms with E-state index in [1.165, 1.54) is 0 Å². The Balaban J connectivity index is 1.29. The van der Waals surface area contributed by atoms with Crippen molar-refractivity contribution in [2.24, 2.45) is 0 Å². The van der Waals surface area contributed by atoms with Crippen molar-refractivity contribution in [3.05, 3.63) is 162 Å². The lowest BCUT2D eigenvalue weighted by Crippen LogP contribution is -2.41. The first-order valence-electron chi connectivity index (χ1n) is 20.2. The van der Waals surface area contributed by atoms with Crippen molar-refractivity contribution in [1.29, 1.82) is 0 Å². The molecular formula is C43H35BO3. The van der Waals surface area contributed by atoms with Crippen LogP contribution in [0, 0.1) is 0 Å². The highest BCUT2D eigenvalue weighted by atomic mass is 16.7. The van der Waals surface area contributed by atoms with E-state index in [0.29, 0.717) is 27.9 Å². The molecule has 1 unspecified atom stereocenters. The zero-order valence-corrected chi connectivity index (χ0v) is 26.4. The Morgan fingerprint density at radius 2 is 1.17 bits per heavy atom. The van der Waals surface area contributed by atoms with Crippen LogP contribution in [0.2, 0.25) is 0 Å². The maximum atomic E-state index is 9.30. The molecule has 0 saturated carbocycles. The van der Waals surface area contributed by atoms with E-state index in [9.17, 15) is 4.11 Å². The highest BCUT2D eigenvalue weighted by Gasteiger charge is 2.52. The van der Waals surface area contributed by atoms with Crippen LogP contribution >= 0.6 is 0 Å². The minimum absolute atomic E-state index is 0.0953. The minimum Gasteiger partial charge on any atom is -0.456 e. The number of hydrogen-bond donors (Lipinski definition) is 0. The summed E-state index contributed by atoms with van der Waals surface area (Å²) in [5.41, 5.74) is 2.56. The molecule has 9 rings (SSSR count). The van der Waals surface area contributed by atoms with Gasteiger partial charge in [0, 0.05) is 21.8 Å². The first kappa shape index (κ1) is 20.4. The largest absolute Gasteiger partial charge is 0.498 e. The van der Waals surface area contributed by atoms with Gasteiger partial charge in [0.1, 0.15) is 11.2 Å². The number of benzene rings is 6. The third-order valence-corrected chi connectivity index (χ3v) is 10.2. The molecule has 1 aliphatic heterocycles. The summed E-state index contributed by atoms with van der Waals surface area (Å²) in [6, 6.07) is 22.1. The fourth-order valence-electron chi connectivity index (χ4n) is 7.22.